The third kappa shape index (κ3) is 9.55. The smallest absolute Gasteiger partial charge is 0.000740 e. The highest BCUT2D eigenvalue weighted by atomic mass is 14.4. The van der Waals surface area contributed by atoms with Gasteiger partial charge in [-0.05, 0) is 254 Å². The molecule has 0 heterocycles. The largest absolute Gasteiger partial charge is 0.0561 e. The topological polar surface area (TPSA) is 0 Å². The van der Waals surface area contributed by atoms with Crippen LogP contribution in [0.4, 0.5) is 0 Å². The fourth-order valence-electron chi connectivity index (χ4n) is 16.1. The summed E-state index contributed by atoms with van der Waals surface area (Å²) in [6.45, 7) is 57.7. The van der Waals surface area contributed by atoms with Crippen molar-refractivity contribution in [3.8, 4) is 89.0 Å². The summed E-state index contributed by atoms with van der Waals surface area (Å²) in [6.07, 6.45) is 9.39. The van der Waals surface area contributed by atoms with Crippen molar-refractivity contribution in [3.05, 3.63) is 200 Å². The van der Waals surface area contributed by atoms with Crippen LogP contribution in [0, 0.1) is 0 Å². The second kappa shape index (κ2) is 19.8. The quantitative estimate of drug-likeness (QED) is 0.154. The zero-order valence-electron chi connectivity index (χ0n) is 61.0. The highest BCUT2D eigenvalue weighted by Gasteiger charge is 2.39. The van der Waals surface area contributed by atoms with E-state index in [1.54, 1.807) is 0 Å². The minimum absolute atomic E-state index is 0.124. The first-order valence-corrected chi connectivity index (χ1v) is 35.0. The second-order valence-electron chi connectivity index (χ2n) is 37.1. The number of hydrogen-bond acceptors (Lipinski definition) is 0. The first-order valence-electron chi connectivity index (χ1n) is 35.0. The standard InChI is InChI=1S/C94H98/c1-87(2,3)59-37-55(38-60(45-59)88(4,5)6)77-71-49-73-74(50-72(71)78(56-39-61(89(7,8)9)46-62(40-56)90(10,11)12)84-68-34-30-52-26-25-51-29-33-67(83(77)84)81(68)75(51)52)80(58-43-65(93(19,20)21)48-66(44-58)94(22,23)24)86-70-36-32-54-28-27-53-31-35-69(82(70)76(53)54)85(86)79(73)57-41-63(91(13,14)15)47-64(42-57)92(16,17)18/h25-50H,1-24H3. The summed E-state index contributed by atoms with van der Waals surface area (Å²) in [7, 11) is 0. The van der Waals surface area contributed by atoms with E-state index in [0.29, 0.717) is 0 Å². The van der Waals surface area contributed by atoms with Crippen molar-refractivity contribution >= 4 is 67.4 Å². The molecule has 0 nitrogen and oxygen atoms in total. The third-order valence-electron chi connectivity index (χ3n) is 22.0. The molecule has 0 saturated carbocycles. The molecule has 0 heteroatoms. The van der Waals surface area contributed by atoms with Crippen LogP contribution in [0.25, 0.3) is 156 Å². The maximum absolute atomic E-state index is 2.76. The van der Waals surface area contributed by atoms with Crippen molar-refractivity contribution in [2.75, 3.05) is 0 Å². The lowest BCUT2D eigenvalue weighted by Crippen LogP contribution is -2.17. The van der Waals surface area contributed by atoms with Gasteiger partial charge < -0.3 is 0 Å². The Labute approximate surface area is 562 Å². The SMILES string of the molecule is CC(C)(C)c1cc(-c2c3c(c(-c4cc(C(C)(C)C)cc(C(C)(C)C)c4)c4cc5c(-c6cc(C(C)(C)C)cc(C(C)(C)C)c6)c6c(c(-c7cc(C(C)(C)C)cc(C(C)(C)C)c7)c5cc24)-c2ccc4c5c(ccc-6c25)C=C4)-c2ccc4c5c(ccc-3c25)C=C4)cc(C(C)(C)C)c1. The molecule has 4 aliphatic rings. The minimum Gasteiger partial charge on any atom is -0.0561 e. The molecule has 0 N–H and O–H groups in total. The van der Waals surface area contributed by atoms with E-state index in [1.165, 1.54) is 199 Å². The molecule has 474 valence electrons. The van der Waals surface area contributed by atoms with E-state index in [0.717, 1.165) is 0 Å². The van der Waals surface area contributed by atoms with Gasteiger partial charge >= 0.3 is 0 Å². The molecule has 94 heavy (non-hydrogen) atoms. The van der Waals surface area contributed by atoms with Crippen molar-refractivity contribution in [2.24, 2.45) is 0 Å². The molecule has 0 unspecified atom stereocenters. The van der Waals surface area contributed by atoms with Gasteiger partial charge in [0.2, 0.25) is 0 Å². The van der Waals surface area contributed by atoms with Gasteiger partial charge in [-0.15, -0.1) is 0 Å². The molecule has 0 bridgehead atoms. The Bertz CT molecular complexity index is 4490. The van der Waals surface area contributed by atoms with Crippen LogP contribution >= 0.6 is 0 Å². The van der Waals surface area contributed by atoms with Crippen LogP contribution in [0.5, 0.6) is 0 Å². The van der Waals surface area contributed by atoms with Gasteiger partial charge in [-0.1, -0.05) is 312 Å². The first kappa shape index (κ1) is 62.1. The molecule has 0 saturated heterocycles. The summed E-state index contributed by atoms with van der Waals surface area (Å²) in [4.78, 5) is 0. The molecule has 0 radical (unpaired) electrons. The molecule has 0 amide bonds. The minimum atomic E-state index is -0.124. The Kier molecular flexibility index (Phi) is 13.1. The van der Waals surface area contributed by atoms with Crippen LogP contribution in [0.1, 0.15) is 233 Å². The lowest BCUT2D eigenvalue weighted by atomic mass is 9.73. The van der Waals surface area contributed by atoms with E-state index in [-0.39, 0.29) is 43.3 Å². The molecule has 11 aromatic carbocycles. The maximum Gasteiger partial charge on any atom is -0.000740 e. The van der Waals surface area contributed by atoms with Crippen molar-refractivity contribution in [3.63, 3.8) is 0 Å². The van der Waals surface area contributed by atoms with Crippen molar-refractivity contribution < 1.29 is 0 Å². The lowest BCUT2D eigenvalue weighted by Gasteiger charge is -2.30. The lowest BCUT2D eigenvalue weighted by molar-refractivity contribution is 0.568. The predicted octanol–water partition coefficient (Wildman–Crippen LogP) is 27.6. The van der Waals surface area contributed by atoms with Crippen LogP contribution in [-0.4, -0.2) is 0 Å². The van der Waals surface area contributed by atoms with E-state index in [4.69, 9.17) is 0 Å². The molecule has 15 rings (SSSR count). The molecule has 0 spiro atoms. The molecule has 0 fully saturated rings. The van der Waals surface area contributed by atoms with Gasteiger partial charge in [0, 0.05) is 0 Å². The number of rotatable bonds is 4. The number of fused-ring (bicyclic) bond motifs is 8. The zero-order valence-corrected chi connectivity index (χ0v) is 61.0. The molecule has 0 atom stereocenters. The Balaban J connectivity index is 1.28. The van der Waals surface area contributed by atoms with Crippen LogP contribution in [-0.2, 0) is 43.3 Å². The number of benzene rings is 11. The van der Waals surface area contributed by atoms with Crippen LogP contribution < -0.4 is 0 Å². The summed E-state index contributed by atoms with van der Waals surface area (Å²) < 4.78 is 0. The Morgan fingerprint density at radius 1 is 0.170 bits per heavy atom. The Hall–Kier alpha value is -8.06. The fourth-order valence-corrected chi connectivity index (χ4v) is 16.1. The zero-order chi connectivity index (χ0) is 67.2. The molecule has 4 aliphatic carbocycles. The van der Waals surface area contributed by atoms with Crippen molar-refractivity contribution in [1.29, 1.82) is 0 Å². The normalized spacial score (nSPS) is 14.3. The van der Waals surface area contributed by atoms with E-state index in [1.807, 2.05) is 0 Å². The maximum atomic E-state index is 2.76. The average molecular weight is 1230 g/mol. The second-order valence-corrected chi connectivity index (χ2v) is 37.1. The number of hydrogen-bond donors (Lipinski definition) is 0. The molecular weight excluding hydrogens is 1130 g/mol. The summed E-state index contributed by atoms with van der Waals surface area (Å²) >= 11 is 0. The summed E-state index contributed by atoms with van der Waals surface area (Å²) in [5.74, 6) is 0. The van der Waals surface area contributed by atoms with Crippen molar-refractivity contribution in [1.82, 2.24) is 0 Å². The molecule has 0 aromatic heterocycles. The van der Waals surface area contributed by atoms with Gasteiger partial charge in [0.1, 0.15) is 0 Å². The fraction of sp³-hybridized carbons (Fsp3) is 0.340. The van der Waals surface area contributed by atoms with Gasteiger partial charge in [-0.25, -0.2) is 0 Å². The van der Waals surface area contributed by atoms with Crippen molar-refractivity contribution in [2.45, 2.75) is 209 Å². The predicted molar refractivity (Wildman–Crippen MR) is 415 cm³/mol. The summed E-state index contributed by atoms with van der Waals surface area (Å²) in [5, 5.41) is 10.7. The monoisotopic (exact) mass is 1230 g/mol. The van der Waals surface area contributed by atoms with Gasteiger partial charge in [-0.2, -0.15) is 0 Å². The van der Waals surface area contributed by atoms with E-state index in [2.05, 4.69) is 324 Å². The summed E-state index contributed by atoms with van der Waals surface area (Å²) in [5.41, 5.74) is 36.2. The van der Waals surface area contributed by atoms with Crippen LogP contribution in [0.3, 0.4) is 0 Å². The first-order chi connectivity index (χ1) is 43.6. The van der Waals surface area contributed by atoms with Gasteiger partial charge in [-0.3, -0.25) is 0 Å². The van der Waals surface area contributed by atoms with Gasteiger partial charge in [0.15, 0.2) is 0 Å². The third-order valence-corrected chi connectivity index (χ3v) is 22.0. The molecular formula is C94H98. The Morgan fingerprint density at radius 2 is 0.340 bits per heavy atom. The van der Waals surface area contributed by atoms with E-state index >= 15 is 0 Å². The Morgan fingerprint density at radius 3 is 0.500 bits per heavy atom. The van der Waals surface area contributed by atoms with Crippen LogP contribution in [0.2, 0.25) is 0 Å². The summed E-state index contributed by atoms with van der Waals surface area (Å²) in [6, 6.07) is 56.0. The van der Waals surface area contributed by atoms with Gasteiger partial charge in [0.25, 0.3) is 0 Å². The highest BCUT2D eigenvalue weighted by Crippen LogP contribution is 2.64. The van der Waals surface area contributed by atoms with Gasteiger partial charge in [0.05, 0.1) is 0 Å². The van der Waals surface area contributed by atoms with E-state index in [9.17, 15) is 0 Å². The molecule has 11 aromatic rings. The molecule has 0 aliphatic heterocycles. The van der Waals surface area contributed by atoms with E-state index < -0.39 is 0 Å². The highest BCUT2D eigenvalue weighted by molar-refractivity contribution is 6.34. The average Bonchev–Trinajstić information content (AvgIpc) is 1.46. The van der Waals surface area contributed by atoms with Crippen LogP contribution in [0.15, 0.2) is 133 Å².